The predicted octanol–water partition coefficient (Wildman–Crippen LogP) is 6.28. The number of Topliss-reactive ketones (excluding diaryl/α,β-unsaturated/α-hetero) is 3. The van der Waals surface area contributed by atoms with Crippen molar-refractivity contribution >= 4 is 29.1 Å². The molecule has 1 fully saturated rings. The second-order valence-electron chi connectivity index (χ2n) is 10.2. The Morgan fingerprint density at radius 2 is 1.36 bits per heavy atom. The molecule has 4 aromatic rings. The first-order chi connectivity index (χ1) is 18.9. The number of hydrogen-bond donors (Lipinski definition) is 0. The van der Waals surface area contributed by atoms with E-state index in [1.807, 2.05) is 30.3 Å². The molecule has 3 aliphatic rings. The molecule has 1 aliphatic carbocycles. The fourth-order valence-corrected chi connectivity index (χ4v) is 6.77. The number of para-hydroxylation sites is 1. The lowest BCUT2D eigenvalue weighted by Gasteiger charge is -2.37. The van der Waals surface area contributed by atoms with Crippen LogP contribution in [0.25, 0.3) is 6.08 Å². The molecule has 0 N–H and O–H groups in total. The maximum atomic E-state index is 15.7. The third kappa shape index (κ3) is 3.05. The highest BCUT2D eigenvalue weighted by Gasteiger charge is 2.71. The van der Waals surface area contributed by atoms with Crippen LogP contribution >= 0.6 is 0 Å². The van der Waals surface area contributed by atoms with Gasteiger partial charge in [0.1, 0.15) is 23.1 Å². The molecule has 0 aromatic heterocycles. The molecular formula is C33H21F2NO3. The Balaban J connectivity index is 1.56. The number of benzene rings is 4. The van der Waals surface area contributed by atoms with Gasteiger partial charge in [-0.3, -0.25) is 14.4 Å². The Morgan fingerprint density at radius 3 is 2.05 bits per heavy atom. The van der Waals surface area contributed by atoms with Gasteiger partial charge >= 0.3 is 0 Å². The van der Waals surface area contributed by atoms with Crippen molar-refractivity contribution in [3.8, 4) is 0 Å². The van der Waals surface area contributed by atoms with E-state index in [0.29, 0.717) is 5.69 Å². The van der Waals surface area contributed by atoms with Crippen molar-refractivity contribution in [1.82, 2.24) is 0 Å². The van der Waals surface area contributed by atoms with Crippen molar-refractivity contribution in [1.29, 1.82) is 0 Å². The standard InChI is InChI=1S/C33H21F2NO3/c34-21-16-13-20(14-17-21)30(37)29-28(24-10-4-5-11-25(24)35)33(31(38)22-8-2-3-9-23(22)32(33)39)27-18-15-19-7-1-6-12-26(19)36(27)29/h1-18,27-29H/t27-,28+,29-/m1/s1. The molecule has 0 bridgehead atoms. The van der Waals surface area contributed by atoms with E-state index in [-0.39, 0.29) is 22.3 Å². The Labute approximate surface area is 223 Å². The number of anilines is 1. The normalized spacial score (nSPS) is 22.1. The lowest BCUT2D eigenvalue weighted by atomic mass is 9.64. The first-order valence-corrected chi connectivity index (χ1v) is 12.7. The Hall–Kier alpha value is -4.71. The third-order valence-electron chi connectivity index (χ3n) is 8.35. The number of ketones is 3. The summed E-state index contributed by atoms with van der Waals surface area (Å²) < 4.78 is 29.5. The lowest BCUT2D eigenvalue weighted by Crippen LogP contribution is -2.48. The maximum absolute atomic E-state index is 15.7. The van der Waals surface area contributed by atoms with Crippen molar-refractivity contribution in [2.24, 2.45) is 5.41 Å². The smallest absolute Gasteiger partial charge is 0.185 e. The zero-order chi connectivity index (χ0) is 26.9. The topological polar surface area (TPSA) is 54.5 Å². The van der Waals surface area contributed by atoms with Crippen LogP contribution in [-0.2, 0) is 0 Å². The van der Waals surface area contributed by atoms with Crippen LogP contribution in [0.1, 0.15) is 48.1 Å². The van der Waals surface area contributed by atoms with Crippen molar-refractivity contribution in [2.75, 3.05) is 4.90 Å². The largest absolute Gasteiger partial charge is 0.352 e. The number of fused-ring (bicyclic) bond motifs is 5. The summed E-state index contributed by atoms with van der Waals surface area (Å²) >= 11 is 0. The molecular weight excluding hydrogens is 496 g/mol. The second kappa shape index (κ2) is 8.40. The molecule has 2 aliphatic heterocycles. The van der Waals surface area contributed by atoms with Gasteiger partial charge in [-0.05, 0) is 47.5 Å². The van der Waals surface area contributed by atoms with Crippen LogP contribution in [0.5, 0.6) is 0 Å². The van der Waals surface area contributed by atoms with E-state index in [4.69, 9.17) is 0 Å². The summed E-state index contributed by atoms with van der Waals surface area (Å²) in [5.74, 6) is -3.53. The molecule has 3 atom stereocenters. The van der Waals surface area contributed by atoms with Gasteiger partial charge in [-0.1, -0.05) is 72.8 Å². The molecule has 190 valence electrons. The number of nitrogens with zero attached hydrogens (tertiary/aromatic N) is 1. The number of halogens is 2. The number of carbonyl (C=O) groups is 3. The zero-order valence-corrected chi connectivity index (χ0v) is 20.6. The summed E-state index contributed by atoms with van der Waals surface area (Å²) in [5.41, 5.74) is 0.562. The molecule has 39 heavy (non-hydrogen) atoms. The van der Waals surface area contributed by atoms with Gasteiger partial charge in [0.15, 0.2) is 17.3 Å². The molecule has 1 saturated heterocycles. The fraction of sp³-hybridized carbons (Fsp3) is 0.121. The number of rotatable bonds is 3. The summed E-state index contributed by atoms with van der Waals surface area (Å²) in [4.78, 5) is 45.2. The van der Waals surface area contributed by atoms with E-state index in [9.17, 15) is 18.8 Å². The van der Waals surface area contributed by atoms with Crippen molar-refractivity contribution in [2.45, 2.75) is 18.0 Å². The summed E-state index contributed by atoms with van der Waals surface area (Å²) in [5, 5.41) is 0. The first kappa shape index (κ1) is 23.4. The van der Waals surface area contributed by atoms with Crippen molar-refractivity contribution in [3.63, 3.8) is 0 Å². The van der Waals surface area contributed by atoms with Gasteiger partial charge < -0.3 is 4.90 Å². The van der Waals surface area contributed by atoms with Crippen molar-refractivity contribution in [3.05, 3.63) is 143 Å². The second-order valence-corrected chi connectivity index (χ2v) is 10.2. The van der Waals surface area contributed by atoms with Gasteiger partial charge in [-0.15, -0.1) is 0 Å². The zero-order valence-electron chi connectivity index (χ0n) is 20.6. The Kier molecular flexibility index (Phi) is 5.04. The number of carbonyl (C=O) groups excluding carboxylic acids is 3. The van der Waals surface area contributed by atoms with Crippen LogP contribution in [-0.4, -0.2) is 29.4 Å². The quantitative estimate of drug-likeness (QED) is 0.237. The Morgan fingerprint density at radius 1 is 0.744 bits per heavy atom. The molecule has 4 nitrogen and oxygen atoms in total. The third-order valence-corrected chi connectivity index (χ3v) is 8.35. The van der Waals surface area contributed by atoms with E-state index in [1.54, 1.807) is 47.4 Å². The van der Waals surface area contributed by atoms with Crippen LogP contribution in [0.3, 0.4) is 0 Å². The van der Waals surface area contributed by atoms with Gasteiger partial charge in [0, 0.05) is 28.3 Å². The predicted molar refractivity (Wildman–Crippen MR) is 143 cm³/mol. The summed E-state index contributed by atoms with van der Waals surface area (Å²) in [6.45, 7) is 0. The van der Waals surface area contributed by atoms with Gasteiger partial charge in [-0.25, -0.2) is 8.78 Å². The molecule has 0 saturated carbocycles. The molecule has 0 radical (unpaired) electrons. The summed E-state index contributed by atoms with van der Waals surface area (Å²) in [7, 11) is 0. The van der Waals surface area contributed by atoms with E-state index in [1.165, 1.54) is 36.4 Å². The molecule has 1 spiro atoms. The van der Waals surface area contributed by atoms with Crippen LogP contribution in [0.2, 0.25) is 0 Å². The summed E-state index contributed by atoms with van der Waals surface area (Å²) in [6.07, 6.45) is 3.64. The average Bonchev–Trinajstić information content (AvgIpc) is 3.39. The highest BCUT2D eigenvalue weighted by molar-refractivity contribution is 6.32. The van der Waals surface area contributed by atoms with Crippen LogP contribution < -0.4 is 4.90 Å². The first-order valence-electron chi connectivity index (χ1n) is 12.7. The van der Waals surface area contributed by atoms with E-state index < -0.39 is 52.4 Å². The van der Waals surface area contributed by atoms with Gasteiger partial charge in [0.25, 0.3) is 0 Å². The minimum absolute atomic E-state index is 0.118. The van der Waals surface area contributed by atoms with E-state index >= 15 is 4.39 Å². The van der Waals surface area contributed by atoms with E-state index in [0.717, 1.165) is 5.56 Å². The molecule has 2 heterocycles. The monoisotopic (exact) mass is 517 g/mol. The Bertz CT molecular complexity index is 1690. The van der Waals surface area contributed by atoms with Gasteiger partial charge in [0.05, 0.1) is 6.04 Å². The minimum Gasteiger partial charge on any atom is -0.352 e. The van der Waals surface area contributed by atoms with Crippen LogP contribution in [0.15, 0.2) is 103 Å². The molecule has 6 heteroatoms. The maximum Gasteiger partial charge on any atom is 0.185 e. The van der Waals surface area contributed by atoms with Crippen molar-refractivity contribution < 1.29 is 23.2 Å². The average molecular weight is 518 g/mol. The molecule has 7 rings (SSSR count). The summed E-state index contributed by atoms with van der Waals surface area (Å²) in [6, 6.07) is 23.2. The highest BCUT2D eigenvalue weighted by Crippen LogP contribution is 2.61. The molecule has 0 amide bonds. The van der Waals surface area contributed by atoms with Crippen LogP contribution in [0.4, 0.5) is 14.5 Å². The lowest BCUT2D eigenvalue weighted by molar-refractivity contribution is 0.0664. The number of hydrogen-bond acceptors (Lipinski definition) is 4. The van der Waals surface area contributed by atoms with Crippen LogP contribution in [0, 0.1) is 17.0 Å². The van der Waals surface area contributed by atoms with Gasteiger partial charge in [0.2, 0.25) is 0 Å². The fourth-order valence-electron chi connectivity index (χ4n) is 6.77. The van der Waals surface area contributed by atoms with E-state index in [2.05, 4.69) is 0 Å². The minimum atomic E-state index is -1.78. The highest BCUT2D eigenvalue weighted by atomic mass is 19.1. The molecule has 0 unspecified atom stereocenters. The molecule has 4 aromatic carbocycles. The SMILES string of the molecule is O=C(c1ccc(F)cc1)[C@H]1[C@H](c2ccccc2F)C2(C(=O)c3ccccc3C2=O)[C@H]2C=Cc3ccccc3N12. The van der Waals surface area contributed by atoms with Gasteiger partial charge in [-0.2, -0.15) is 0 Å².